The molecule has 2 heterocycles. The lowest BCUT2D eigenvalue weighted by Crippen LogP contribution is -2.38. The zero-order valence-electron chi connectivity index (χ0n) is 18.5. The second-order valence-corrected chi connectivity index (χ2v) is 7.76. The van der Waals surface area contributed by atoms with Crippen molar-refractivity contribution in [2.75, 3.05) is 30.4 Å². The number of rotatable bonds is 7. The van der Waals surface area contributed by atoms with Gasteiger partial charge in [0.2, 0.25) is 5.91 Å². The number of hydrogen-bond donors (Lipinski definition) is 1. The summed E-state index contributed by atoms with van der Waals surface area (Å²) in [5.41, 5.74) is 2.03. The van der Waals surface area contributed by atoms with E-state index in [1.807, 2.05) is 36.4 Å². The van der Waals surface area contributed by atoms with Crippen LogP contribution in [0.5, 0.6) is 17.4 Å². The van der Waals surface area contributed by atoms with Crippen LogP contribution in [0.3, 0.4) is 0 Å². The molecule has 1 aromatic heterocycles. The third kappa shape index (κ3) is 5.17. The number of aromatic nitrogens is 2. The predicted octanol–water partition coefficient (Wildman–Crippen LogP) is 4.70. The van der Waals surface area contributed by atoms with Crippen molar-refractivity contribution >= 4 is 17.4 Å². The highest BCUT2D eigenvalue weighted by atomic mass is 16.5. The largest absolute Gasteiger partial charge is 0.497 e. The van der Waals surface area contributed by atoms with E-state index < -0.39 is 0 Å². The summed E-state index contributed by atoms with van der Waals surface area (Å²) in [6, 6.07) is 15.4. The first kappa shape index (κ1) is 21.6. The van der Waals surface area contributed by atoms with Gasteiger partial charge in [-0.1, -0.05) is 19.1 Å². The molecule has 166 valence electrons. The van der Waals surface area contributed by atoms with E-state index >= 15 is 0 Å². The van der Waals surface area contributed by atoms with E-state index in [0.717, 1.165) is 36.4 Å². The predicted molar refractivity (Wildman–Crippen MR) is 124 cm³/mol. The second kappa shape index (κ2) is 10.1. The number of amides is 1. The first-order valence-corrected chi connectivity index (χ1v) is 10.9. The average Bonchev–Trinajstić information content (AvgIpc) is 2.85. The van der Waals surface area contributed by atoms with Crippen LogP contribution in [0.15, 0.2) is 60.9 Å². The van der Waals surface area contributed by atoms with E-state index in [9.17, 15) is 4.79 Å². The zero-order valence-corrected chi connectivity index (χ0v) is 18.5. The molecule has 1 amide bonds. The standard InChI is InChI=1S/C25H28N4O3/c1-3-18-4-8-22(9-5-18)32-25-23(26-14-15-27-25)29-16-12-19(13-17-29)24(30)28-20-6-10-21(31-2)11-7-20/h4-11,14-15,19H,3,12-13,16-17H2,1-2H3,(H,28,30). The van der Waals surface area contributed by atoms with Gasteiger partial charge in [0.15, 0.2) is 5.82 Å². The van der Waals surface area contributed by atoms with Gasteiger partial charge in [-0.3, -0.25) is 4.79 Å². The monoisotopic (exact) mass is 432 g/mol. The third-order valence-electron chi connectivity index (χ3n) is 5.72. The van der Waals surface area contributed by atoms with Crippen LogP contribution in [0.25, 0.3) is 0 Å². The Balaban J connectivity index is 1.36. The lowest BCUT2D eigenvalue weighted by Gasteiger charge is -2.32. The van der Waals surface area contributed by atoms with E-state index in [1.165, 1.54) is 5.56 Å². The number of ether oxygens (including phenoxy) is 2. The Morgan fingerprint density at radius 2 is 1.66 bits per heavy atom. The van der Waals surface area contributed by atoms with Crippen molar-refractivity contribution in [2.24, 2.45) is 5.92 Å². The minimum absolute atomic E-state index is 0.0430. The van der Waals surface area contributed by atoms with Crippen LogP contribution in [0.1, 0.15) is 25.3 Å². The smallest absolute Gasteiger partial charge is 0.263 e. The van der Waals surface area contributed by atoms with E-state index in [4.69, 9.17) is 9.47 Å². The van der Waals surface area contributed by atoms with Gasteiger partial charge in [-0.25, -0.2) is 9.97 Å². The maximum atomic E-state index is 12.7. The van der Waals surface area contributed by atoms with E-state index in [-0.39, 0.29) is 11.8 Å². The first-order chi connectivity index (χ1) is 15.7. The molecule has 7 nitrogen and oxygen atoms in total. The maximum Gasteiger partial charge on any atom is 0.263 e. The summed E-state index contributed by atoms with van der Waals surface area (Å²) in [6.07, 6.45) is 5.77. The zero-order chi connectivity index (χ0) is 22.3. The van der Waals surface area contributed by atoms with Gasteiger partial charge in [-0.2, -0.15) is 0 Å². The average molecular weight is 433 g/mol. The van der Waals surface area contributed by atoms with Crippen LogP contribution in [0, 0.1) is 5.92 Å². The normalized spacial score (nSPS) is 14.1. The summed E-state index contributed by atoms with van der Waals surface area (Å²) in [7, 11) is 1.62. The Kier molecular flexibility index (Phi) is 6.84. The number of hydrogen-bond acceptors (Lipinski definition) is 6. The Hall–Kier alpha value is -3.61. The van der Waals surface area contributed by atoms with E-state index in [1.54, 1.807) is 19.5 Å². The maximum absolute atomic E-state index is 12.7. The molecule has 1 fully saturated rings. The van der Waals surface area contributed by atoms with Crippen molar-refractivity contribution < 1.29 is 14.3 Å². The fourth-order valence-corrected chi connectivity index (χ4v) is 3.78. The molecule has 4 rings (SSSR count). The summed E-state index contributed by atoms with van der Waals surface area (Å²) < 4.78 is 11.2. The van der Waals surface area contributed by atoms with Gasteiger partial charge in [0.25, 0.3) is 5.88 Å². The summed E-state index contributed by atoms with van der Waals surface area (Å²) in [6.45, 7) is 3.55. The molecule has 7 heteroatoms. The minimum atomic E-state index is -0.0454. The molecule has 0 atom stereocenters. The van der Waals surface area contributed by atoms with Gasteiger partial charge in [0.05, 0.1) is 7.11 Å². The van der Waals surface area contributed by atoms with E-state index in [2.05, 4.69) is 39.2 Å². The van der Waals surface area contributed by atoms with Gasteiger partial charge < -0.3 is 19.7 Å². The summed E-state index contributed by atoms with van der Waals surface area (Å²) in [5.74, 6) is 2.69. The Morgan fingerprint density at radius 1 is 1.00 bits per heavy atom. The molecule has 1 aliphatic rings. The molecule has 1 saturated heterocycles. The Bertz CT molecular complexity index is 1030. The molecule has 3 aromatic rings. The van der Waals surface area contributed by atoms with Crippen molar-refractivity contribution in [3.8, 4) is 17.4 Å². The summed E-state index contributed by atoms with van der Waals surface area (Å²) >= 11 is 0. The molecule has 2 aromatic carbocycles. The molecule has 0 unspecified atom stereocenters. The summed E-state index contributed by atoms with van der Waals surface area (Å²) in [5, 5.41) is 3.01. The SMILES string of the molecule is CCc1ccc(Oc2nccnc2N2CCC(C(=O)Nc3ccc(OC)cc3)CC2)cc1. The molecular formula is C25H28N4O3. The number of piperidine rings is 1. The van der Waals surface area contributed by atoms with Gasteiger partial charge in [0.1, 0.15) is 11.5 Å². The van der Waals surface area contributed by atoms with Crippen molar-refractivity contribution in [3.63, 3.8) is 0 Å². The molecule has 0 saturated carbocycles. The number of carbonyl (C=O) groups is 1. The van der Waals surface area contributed by atoms with Crippen LogP contribution in [-0.4, -0.2) is 36.1 Å². The molecule has 0 bridgehead atoms. The van der Waals surface area contributed by atoms with Crippen LogP contribution in [0.4, 0.5) is 11.5 Å². The van der Waals surface area contributed by atoms with E-state index in [0.29, 0.717) is 24.8 Å². The van der Waals surface area contributed by atoms with Gasteiger partial charge in [-0.15, -0.1) is 0 Å². The summed E-state index contributed by atoms with van der Waals surface area (Å²) in [4.78, 5) is 23.8. The van der Waals surface area contributed by atoms with Crippen LogP contribution >= 0.6 is 0 Å². The highest BCUT2D eigenvalue weighted by molar-refractivity contribution is 5.92. The molecule has 0 spiro atoms. The number of nitrogens with one attached hydrogen (secondary N) is 1. The number of aryl methyl sites for hydroxylation is 1. The fraction of sp³-hybridized carbons (Fsp3) is 0.320. The fourth-order valence-electron chi connectivity index (χ4n) is 3.78. The number of anilines is 2. The molecule has 0 aliphatic carbocycles. The Morgan fingerprint density at radius 3 is 2.31 bits per heavy atom. The molecule has 0 radical (unpaired) electrons. The van der Waals surface area contributed by atoms with Gasteiger partial charge in [-0.05, 0) is 61.2 Å². The number of carbonyl (C=O) groups excluding carboxylic acids is 1. The lowest BCUT2D eigenvalue weighted by molar-refractivity contribution is -0.120. The topological polar surface area (TPSA) is 76.6 Å². The van der Waals surface area contributed by atoms with Crippen LogP contribution < -0.4 is 19.7 Å². The molecule has 1 N–H and O–H groups in total. The number of nitrogens with zero attached hydrogens (tertiary/aromatic N) is 3. The van der Waals surface area contributed by atoms with Crippen LogP contribution in [-0.2, 0) is 11.2 Å². The molecular weight excluding hydrogens is 404 g/mol. The van der Waals surface area contributed by atoms with Gasteiger partial charge >= 0.3 is 0 Å². The quantitative estimate of drug-likeness (QED) is 0.583. The van der Waals surface area contributed by atoms with Crippen molar-refractivity contribution in [2.45, 2.75) is 26.2 Å². The van der Waals surface area contributed by atoms with Crippen molar-refractivity contribution in [1.29, 1.82) is 0 Å². The number of benzene rings is 2. The van der Waals surface area contributed by atoms with Crippen LogP contribution in [0.2, 0.25) is 0 Å². The number of methoxy groups -OCH3 is 1. The van der Waals surface area contributed by atoms with Gasteiger partial charge in [0, 0.05) is 37.1 Å². The Labute approximate surface area is 188 Å². The second-order valence-electron chi connectivity index (χ2n) is 7.76. The van der Waals surface area contributed by atoms with Crippen molar-refractivity contribution in [3.05, 3.63) is 66.5 Å². The third-order valence-corrected chi connectivity index (χ3v) is 5.72. The minimum Gasteiger partial charge on any atom is -0.497 e. The lowest BCUT2D eigenvalue weighted by atomic mass is 9.96. The first-order valence-electron chi connectivity index (χ1n) is 10.9. The molecule has 32 heavy (non-hydrogen) atoms. The molecule has 1 aliphatic heterocycles. The highest BCUT2D eigenvalue weighted by Crippen LogP contribution is 2.31. The van der Waals surface area contributed by atoms with Crippen molar-refractivity contribution in [1.82, 2.24) is 9.97 Å². The highest BCUT2D eigenvalue weighted by Gasteiger charge is 2.27.